The summed E-state index contributed by atoms with van der Waals surface area (Å²) in [5.74, 6) is -0.717. The molecule has 2 saturated carbocycles. The van der Waals surface area contributed by atoms with Crippen LogP contribution in [0.25, 0.3) is 0 Å². The van der Waals surface area contributed by atoms with Gasteiger partial charge in [-0.15, -0.1) is 0 Å². The van der Waals surface area contributed by atoms with Gasteiger partial charge in [0.1, 0.15) is 23.7 Å². The fourth-order valence-electron chi connectivity index (χ4n) is 13.5. The predicted molar refractivity (Wildman–Crippen MR) is 196 cm³/mol. The van der Waals surface area contributed by atoms with E-state index in [1.54, 1.807) is 18.6 Å². The highest BCUT2D eigenvalue weighted by Gasteiger charge is 2.66. The van der Waals surface area contributed by atoms with Crippen molar-refractivity contribution >= 4 is 11.8 Å². The lowest BCUT2D eigenvalue weighted by molar-refractivity contribution is -0.706. The molecule has 9 N–H and O–H groups in total. The molecule has 2 bridgehead atoms. The summed E-state index contributed by atoms with van der Waals surface area (Å²) in [7, 11) is 0. The topological polar surface area (TPSA) is 183 Å². The molecule has 5 heterocycles. The molecule has 11 nitrogen and oxygen atoms in total. The minimum Gasteiger partial charge on any atom is -0.456 e. The second kappa shape index (κ2) is 13.6. The lowest BCUT2D eigenvalue weighted by Crippen LogP contribution is -2.96. The number of fused-ring (bicyclic) bond motifs is 8. The van der Waals surface area contributed by atoms with E-state index in [9.17, 15) is 19.8 Å². The van der Waals surface area contributed by atoms with Crippen LogP contribution in [0.1, 0.15) is 91.4 Å². The van der Waals surface area contributed by atoms with E-state index < -0.39 is 48.0 Å². The van der Waals surface area contributed by atoms with Gasteiger partial charge < -0.3 is 40.8 Å². The Morgan fingerprint density at radius 2 is 1.87 bits per heavy atom. The van der Waals surface area contributed by atoms with Crippen LogP contribution >= 0.6 is 0 Å². The van der Waals surface area contributed by atoms with Gasteiger partial charge in [-0.05, 0) is 95.2 Å². The van der Waals surface area contributed by atoms with Gasteiger partial charge in [0, 0.05) is 53.4 Å². The number of ether oxygens (including phenoxy) is 3. The molecular weight excluding hydrogens is 672 g/mol. The molecule has 11 heteroatoms. The molecule has 0 amide bonds. The molecule has 1 spiro atoms. The molecule has 9 rings (SSSR count). The SMILES string of the molecule is CC=C(C)C(=O)O[C@H]1CC2C(O)C3C(=O)CC(CO)OC3C3CC4CCNC(N)C4C4=CC5(CCCC5)C5=C4[C@@H](CC4C[NH2+]C(N)CC4C5)[C@]1(C)OC23. The maximum Gasteiger partial charge on any atom is 0.333 e. The number of rotatable bonds is 3. The Hall–Kier alpha value is -1.96. The fraction of sp³-hybridized carbons (Fsp3) is 0.810. The molecule has 0 aromatic heterocycles. The van der Waals surface area contributed by atoms with Crippen LogP contribution < -0.4 is 22.1 Å². The quantitative estimate of drug-likeness (QED) is 0.185. The van der Waals surface area contributed by atoms with E-state index in [0.717, 1.165) is 58.0 Å². The highest BCUT2D eigenvalue weighted by atomic mass is 16.6. The molecule has 5 saturated heterocycles. The van der Waals surface area contributed by atoms with Gasteiger partial charge in [0.25, 0.3) is 0 Å². The second-order valence-electron chi connectivity index (χ2n) is 18.8. The van der Waals surface area contributed by atoms with E-state index in [1.807, 2.05) is 6.92 Å². The summed E-state index contributed by atoms with van der Waals surface area (Å²) in [6.07, 6.45) is 10.8. The van der Waals surface area contributed by atoms with Crippen LogP contribution in [0.2, 0.25) is 0 Å². The summed E-state index contributed by atoms with van der Waals surface area (Å²) >= 11 is 0. The third-order valence-electron chi connectivity index (χ3n) is 16.2. The molecule has 7 fully saturated rings. The molecule has 0 radical (unpaired) electrons. The summed E-state index contributed by atoms with van der Waals surface area (Å²) in [5, 5.41) is 28.5. The van der Waals surface area contributed by atoms with Gasteiger partial charge in [0.05, 0.1) is 49.7 Å². The van der Waals surface area contributed by atoms with Gasteiger partial charge in [-0.3, -0.25) is 10.5 Å². The normalized spacial score (nSPS) is 48.9. The van der Waals surface area contributed by atoms with Crippen LogP contribution in [0, 0.1) is 52.8 Å². The minimum absolute atomic E-state index is 0.0125. The van der Waals surface area contributed by atoms with Crippen molar-refractivity contribution in [2.45, 2.75) is 140 Å². The Labute approximate surface area is 314 Å². The lowest BCUT2D eigenvalue weighted by Gasteiger charge is -2.61. The van der Waals surface area contributed by atoms with Gasteiger partial charge >= 0.3 is 5.97 Å². The molecule has 4 aliphatic carbocycles. The molecule has 0 aromatic carbocycles. The maximum atomic E-state index is 13.9. The fourth-order valence-corrected chi connectivity index (χ4v) is 13.5. The van der Waals surface area contributed by atoms with E-state index in [2.05, 4.69) is 23.6 Å². The highest BCUT2D eigenvalue weighted by molar-refractivity contribution is 5.88. The number of nitrogens with one attached hydrogen (secondary N) is 1. The number of ketones is 1. The first kappa shape index (κ1) is 36.7. The van der Waals surface area contributed by atoms with Gasteiger partial charge in [-0.25, -0.2) is 4.79 Å². The molecule has 0 aromatic rings. The smallest absolute Gasteiger partial charge is 0.333 e. The number of esters is 1. The number of piperidine rings is 2. The van der Waals surface area contributed by atoms with Crippen molar-refractivity contribution in [2.24, 2.45) is 64.2 Å². The number of hydrogen-bond donors (Lipinski definition) is 6. The van der Waals surface area contributed by atoms with E-state index >= 15 is 0 Å². The first-order valence-corrected chi connectivity index (χ1v) is 21.0. The van der Waals surface area contributed by atoms with Crippen molar-refractivity contribution in [3.63, 3.8) is 0 Å². The Kier molecular flexibility index (Phi) is 9.41. The average molecular weight is 736 g/mol. The van der Waals surface area contributed by atoms with Crippen molar-refractivity contribution in [3.8, 4) is 0 Å². The molecule has 53 heavy (non-hydrogen) atoms. The average Bonchev–Trinajstić information content (AvgIpc) is 3.67. The predicted octanol–water partition coefficient (Wildman–Crippen LogP) is 1.96. The third-order valence-corrected chi connectivity index (χ3v) is 16.2. The van der Waals surface area contributed by atoms with E-state index in [-0.39, 0.29) is 66.2 Å². The van der Waals surface area contributed by atoms with Gasteiger partial charge in [-0.1, -0.05) is 30.6 Å². The largest absolute Gasteiger partial charge is 0.456 e. The first-order valence-electron chi connectivity index (χ1n) is 21.0. The summed E-state index contributed by atoms with van der Waals surface area (Å²) in [6, 6.07) is 0. The van der Waals surface area contributed by atoms with Crippen LogP contribution in [-0.4, -0.2) is 90.1 Å². The lowest BCUT2D eigenvalue weighted by atomic mass is 9.57. The number of Topliss-reactive ketones (excluding diaryl/α,β-unsaturated/α-hetero) is 1. The summed E-state index contributed by atoms with van der Waals surface area (Å²) in [5.41, 5.74) is 17.9. The van der Waals surface area contributed by atoms with E-state index in [4.69, 9.17) is 25.7 Å². The number of hydrogen-bond acceptors (Lipinski definition) is 10. The van der Waals surface area contributed by atoms with Gasteiger partial charge in [0.2, 0.25) is 0 Å². The van der Waals surface area contributed by atoms with Crippen molar-refractivity contribution in [3.05, 3.63) is 34.4 Å². The van der Waals surface area contributed by atoms with Gasteiger partial charge in [-0.2, -0.15) is 0 Å². The zero-order valence-corrected chi connectivity index (χ0v) is 31.9. The van der Waals surface area contributed by atoms with Crippen LogP contribution in [0.5, 0.6) is 0 Å². The molecular formula is C42H63N4O7+. The number of quaternary nitrogens is 1. The Morgan fingerprint density at radius 1 is 1.08 bits per heavy atom. The molecule has 292 valence electrons. The Balaban J connectivity index is 1.26. The monoisotopic (exact) mass is 735 g/mol. The number of nitrogens with two attached hydrogens (primary N) is 3. The van der Waals surface area contributed by atoms with Crippen LogP contribution in [0.15, 0.2) is 34.4 Å². The third kappa shape index (κ3) is 5.72. The Morgan fingerprint density at radius 3 is 2.62 bits per heavy atom. The van der Waals surface area contributed by atoms with Crippen molar-refractivity contribution in [2.75, 3.05) is 19.7 Å². The first-order chi connectivity index (χ1) is 25.5. The molecule has 5 aliphatic heterocycles. The zero-order chi connectivity index (χ0) is 37.0. The number of allylic oxidation sites excluding steroid dienone is 3. The van der Waals surface area contributed by atoms with Crippen molar-refractivity contribution in [1.82, 2.24) is 5.32 Å². The number of carbonyl (C=O) groups excluding carboxylic acids is 2. The van der Waals surface area contributed by atoms with Crippen LogP contribution in [0.3, 0.4) is 0 Å². The van der Waals surface area contributed by atoms with Crippen LogP contribution in [0.4, 0.5) is 0 Å². The molecule has 9 aliphatic rings. The number of carbonyl (C=O) groups is 2. The van der Waals surface area contributed by atoms with Crippen molar-refractivity contribution in [1.29, 1.82) is 0 Å². The Bertz CT molecular complexity index is 1590. The highest BCUT2D eigenvalue weighted by Crippen LogP contribution is 2.64. The zero-order valence-electron chi connectivity index (χ0n) is 31.9. The number of aliphatic hydroxyl groups is 2. The summed E-state index contributed by atoms with van der Waals surface area (Å²) in [6.45, 7) is 7.34. The van der Waals surface area contributed by atoms with Crippen LogP contribution in [-0.2, 0) is 23.8 Å². The molecule has 13 unspecified atom stereocenters. The summed E-state index contributed by atoms with van der Waals surface area (Å²) in [4.78, 5) is 27.7. The summed E-state index contributed by atoms with van der Waals surface area (Å²) < 4.78 is 21.0. The second-order valence-corrected chi connectivity index (χ2v) is 18.8. The van der Waals surface area contributed by atoms with Crippen molar-refractivity contribution < 1.29 is 39.3 Å². The van der Waals surface area contributed by atoms with Gasteiger partial charge in [0.15, 0.2) is 0 Å². The van der Waals surface area contributed by atoms with E-state index in [1.165, 1.54) is 24.0 Å². The molecule has 16 atom stereocenters. The van der Waals surface area contributed by atoms with E-state index in [0.29, 0.717) is 23.8 Å². The number of aliphatic hydroxyl groups excluding tert-OH is 2. The standard InChI is InChI=1S/C42H62N4O7/c1-4-20(2)40(50)52-31-16-25-36(49)35-30(48)15-24(19-47)51-38(35)26-11-21-7-10-45-39(44)33(21)27-17-42(8-5-6-9-42)29-12-22-14-32(43)46-18-23(22)13-28(34(27)29)41(31,3)53-37(25)26/h4,17,21-26,28,31-33,35-39,45-47,49H,5-16,18-19,43-44H2,1-3H3/p+1/t21?,22?,23?,24?,25?,26?,28-,31+,32?,33?,35?,36?,37?,38?,39?,41+/m1/s1. The maximum absolute atomic E-state index is 13.9. The minimum atomic E-state index is -1.01.